The minimum Gasteiger partial charge on any atom is -0.383 e. The number of fused-ring (bicyclic) bond motifs is 1. The first-order chi connectivity index (χ1) is 11.6. The van der Waals surface area contributed by atoms with E-state index in [9.17, 15) is 13.6 Å². The highest BCUT2D eigenvalue weighted by molar-refractivity contribution is 7.16. The molecule has 1 aromatic heterocycles. The van der Waals surface area contributed by atoms with Crippen LogP contribution in [0.3, 0.4) is 0 Å². The van der Waals surface area contributed by atoms with Gasteiger partial charge in [-0.05, 0) is 24.3 Å². The molecule has 0 saturated carbocycles. The Morgan fingerprint density at radius 2 is 1.92 bits per heavy atom. The molecule has 3 aromatic rings. The number of thiazole rings is 1. The molecule has 0 aliphatic carbocycles. The van der Waals surface area contributed by atoms with E-state index >= 15 is 0 Å². The van der Waals surface area contributed by atoms with Crippen molar-refractivity contribution in [3.8, 4) is 0 Å². The van der Waals surface area contributed by atoms with Crippen LogP contribution in [0.1, 0.15) is 10.4 Å². The fourth-order valence-corrected chi connectivity index (χ4v) is 3.41. The van der Waals surface area contributed by atoms with Gasteiger partial charge in [0.2, 0.25) is 0 Å². The molecule has 0 atom stereocenters. The molecule has 3 rings (SSSR count). The number of ether oxygens (including phenoxy) is 1. The number of carbonyl (C=O) groups excluding carboxylic acids is 1. The van der Waals surface area contributed by atoms with Crippen LogP contribution in [-0.2, 0) is 11.3 Å². The van der Waals surface area contributed by atoms with Gasteiger partial charge in [-0.3, -0.25) is 4.79 Å². The predicted octanol–water partition coefficient (Wildman–Crippen LogP) is 3.37. The number of benzene rings is 2. The molecule has 7 heteroatoms. The Hall–Kier alpha value is -2.38. The number of hydrogen-bond acceptors (Lipinski definition) is 3. The van der Waals surface area contributed by atoms with E-state index in [1.165, 1.54) is 42.7 Å². The first-order valence-corrected chi connectivity index (χ1v) is 8.04. The largest absolute Gasteiger partial charge is 0.383 e. The number of methoxy groups -OCH3 is 1. The maximum atomic E-state index is 14.2. The fourth-order valence-electron chi connectivity index (χ4n) is 2.34. The molecule has 0 spiro atoms. The third-order valence-electron chi connectivity index (χ3n) is 3.47. The molecule has 2 aromatic carbocycles. The highest BCUT2D eigenvalue weighted by Crippen LogP contribution is 2.20. The monoisotopic (exact) mass is 348 g/mol. The van der Waals surface area contributed by atoms with Crippen LogP contribution in [0.2, 0.25) is 0 Å². The smallest absolute Gasteiger partial charge is 0.282 e. The predicted molar refractivity (Wildman–Crippen MR) is 87.9 cm³/mol. The van der Waals surface area contributed by atoms with Crippen LogP contribution >= 0.6 is 11.3 Å². The second kappa shape index (κ2) is 7.02. The van der Waals surface area contributed by atoms with Crippen molar-refractivity contribution in [3.63, 3.8) is 0 Å². The molecule has 0 unspecified atom stereocenters. The summed E-state index contributed by atoms with van der Waals surface area (Å²) in [6.07, 6.45) is 0. The van der Waals surface area contributed by atoms with Gasteiger partial charge in [-0.15, -0.1) is 0 Å². The van der Waals surface area contributed by atoms with Crippen molar-refractivity contribution in [1.29, 1.82) is 0 Å². The van der Waals surface area contributed by atoms with Gasteiger partial charge in [0.05, 0.1) is 22.4 Å². The van der Waals surface area contributed by atoms with Crippen molar-refractivity contribution < 1.29 is 18.3 Å². The van der Waals surface area contributed by atoms with E-state index in [2.05, 4.69) is 4.99 Å². The standard InChI is InChI=1S/C17H14F2N2O2S/c1-23-10-9-21-15-13(19)7-4-8-14(15)24-17(21)20-16(22)11-5-2-3-6-12(11)18/h2-8H,9-10H2,1H3. The summed E-state index contributed by atoms with van der Waals surface area (Å²) in [5, 5.41) is 0. The van der Waals surface area contributed by atoms with Crippen LogP contribution in [0, 0.1) is 11.6 Å². The third kappa shape index (κ3) is 3.13. The van der Waals surface area contributed by atoms with E-state index in [-0.39, 0.29) is 5.56 Å². The Labute approximate surface area is 140 Å². The van der Waals surface area contributed by atoms with E-state index in [1.54, 1.807) is 22.8 Å². The van der Waals surface area contributed by atoms with Crippen LogP contribution in [0.4, 0.5) is 8.78 Å². The third-order valence-corrected chi connectivity index (χ3v) is 4.52. The zero-order chi connectivity index (χ0) is 17.1. The van der Waals surface area contributed by atoms with Gasteiger partial charge in [0.1, 0.15) is 11.6 Å². The normalized spacial score (nSPS) is 12.0. The van der Waals surface area contributed by atoms with Gasteiger partial charge in [0.25, 0.3) is 5.91 Å². The number of nitrogens with zero attached hydrogens (tertiary/aromatic N) is 2. The maximum absolute atomic E-state index is 14.2. The SMILES string of the molecule is COCCn1c(=NC(=O)c2ccccc2F)sc2cccc(F)c21. The average molecular weight is 348 g/mol. The van der Waals surface area contributed by atoms with Gasteiger partial charge >= 0.3 is 0 Å². The van der Waals surface area contributed by atoms with Gasteiger partial charge in [-0.2, -0.15) is 4.99 Å². The molecular formula is C17H14F2N2O2S. The number of para-hydroxylation sites is 1. The van der Waals surface area contributed by atoms with E-state index in [4.69, 9.17) is 4.74 Å². The summed E-state index contributed by atoms with van der Waals surface area (Å²) in [5.74, 6) is -1.74. The number of rotatable bonds is 4. The van der Waals surface area contributed by atoms with Crippen LogP contribution in [-0.4, -0.2) is 24.2 Å². The van der Waals surface area contributed by atoms with E-state index in [0.29, 0.717) is 28.2 Å². The Morgan fingerprint density at radius 3 is 2.67 bits per heavy atom. The second-order valence-electron chi connectivity index (χ2n) is 5.01. The molecule has 0 saturated heterocycles. The number of halogens is 2. The summed E-state index contributed by atoms with van der Waals surface area (Å²) in [4.78, 5) is 16.6. The van der Waals surface area contributed by atoms with Crippen molar-refractivity contribution in [2.45, 2.75) is 6.54 Å². The van der Waals surface area contributed by atoms with E-state index in [1.807, 2.05) is 0 Å². The lowest BCUT2D eigenvalue weighted by Gasteiger charge is -2.05. The zero-order valence-electron chi connectivity index (χ0n) is 12.8. The number of amides is 1. The summed E-state index contributed by atoms with van der Waals surface area (Å²) in [7, 11) is 1.53. The summed E-state index contributed by atoms with van der Waals surface area (Å²) >= 11 is 1.17. The Kier molecular flexibility index (Phi) is 4.82. The molecular weight excluding hydrogens is 334 g/mol. The molecule has 0 N–H and O–H groups in total. The van der Waals surface area contributed by atoms with Crippen LogP contribution in [0.15, 0.2) is 47.5 Å². The minimum atomic E-state index is -0.703. The number of carbonyl (C=O) groups is 1. The van der Waals surface area contributed by atoms with Crippen molar-refractivity contribution in [2.24, 2.45) is 4.99 Å². The Bertz CT molecular complexity index is 963. The minimum absolute atomic E-state index is 0.117. The molecule has 0 fully saturated rings. The lowest BCUT2D eigenvalue weighted by Crippen LogP contribution is -2.20. The molecule has 1 heterocycles. The molecule has 0 aliphatic rings. The van der Waals surface area contributed by atoms with Gasteiger partial charge < -0.3 is 9.30 Å². The summed E-state index contributed by atoms with van der Waals surface area (Å²) in [6.45, 7) is 0.669. The van der Waals surface area contributed by atoms with Crippen molar-refractivity contribution in [2.75, 3.05) is 13.7 Å². The molecule has 1 amide bonds. The quantitative estimate of drug-likeness (QED) is 0.726. The van der Waals surface area contributed by atoms with Crippen molar-refractivity contribution in [1.82, 2.24) is 4.57 Å². The fraction of sp³-hybridized carbons (Fsp3) is 0.176. The van der Waals surface area contributed by atoms with Crippen LogP contribution < -0.4 is 4.80 Å². The Balaban J connectivity index is 2.16. The summed E-state index contributed by atoms with van der Waals surface area (Å²) in [6, 6.07) is 10.3. The van der Waals surface area contributed by atoms with Crippen LogP contribution in [0.25, 0.3) is 10.2 Å². The number of aromatic nitrogens is 1. The lowest BCUT2D eigenvalue weighted by molar-refractivity contribution is 0.0993. The van der Waals surface area contributed by atoms with Gasteiger partial charge in [0.15, 0.2) is 4.80 Å². The van der Waals surface area contributed by atoms with E-state index < -0.39 is 17.5 Å². The van der Waals surface area contributed by atoms with Gasteiger partial charge in [0, 0.05) is 13.7 Å². The average Bonchev–Trinajstić information content (AvgIpc) is 2.91. The maximum Gasteiger partial charge on any atom is 0.282 e. The van der Waals surface area contributed by atoms with E-state index in [0.717, 1.165) is 0 Å². The van der Waals surface area contributed by atoms with Gasteiger partial charge in [-0.25, -0.2) is 8.78 Å². The van der Waals surface area contributed by atoms with Gasteiger partial charge in [-0.1, -0.05) is 29.5 Å². The first-order valence-electron chi connectivity index (χ1n) is 7.22. The topological polar surface area (TPSA) is 43.6 Å². The molecule has 0 aliphatic heterocycles. The Morgan fingerprint density at radius 1 is 1.17 bits per heavy atom. The molecule has 0 bridgehead atoms. The first kappa shape index (κ1) is 16.5. The highest BCUT2D eigenvalue weighted by atomic mass is 32.1. The second-order valence-corrected chi connectivity index (χ2v) is 6.02. The summed E-state index contributed by atoms with van der Waals surface area (Å²) in [5.41, 5.74) is 0.244. The van der Waals surface area contributed by atoms with Crippen molar-refractivity contribution in [3.05, 3.63) is 64.5 Å². The van der Waals surface area contributed by atoms with Crippen LogP contribution in [0.5, 0.6) is 0 Å². The molecule has 24 heavy (non-hydrogen) atoms. The molecule has 0 radical (unpaired) electrons. The number of hydrogen-bond donors (Lipinski definition) is 0. The summed E-state index contributed by atoms with van der Waals surface area (Å²) < 4.78 is 35.2. The van der Waals surface area contributed by atoms with Crippen molar-refractivity contribution >= 4 is 27.5 Å². The molecule has 4 nitrogen and oxygen atoms in total. The zero-order valence-corrected chi connectivity index (χ0v) is 13.6. The lowest BCUT2D eigenvalue weighted by atomic mass is 10.2. The molecule has 124 valence electrons. The highest BCUT2D eigenvalue weighted by Gasteiger charge is 2.14.